The molecule has 0 aliphatic heterocycles. The Balaban J connectivity index is 4.37. The largest absolute Gasteiger partial charge is 0.472 e. The molecule has 0 radical (unpaired) electrons. The van der Waals surface area contributed by atoms with Crippen molar-refractivity contribution in [2.24, 2.45) is 0 Å². The number of carbonyl (C=O) groups is 2. The molecule has 0 aromatic rings. The second-order valence-electron chi connectivity index (χ2n) is 16.1. The Morgan fingerprint density at radius 3 is 1.45 bits per heavy atom. The van der Waals surface area contributed by atoms with Crippen LogP contribution in [0.5, 0.6) is 0 Å². The van der Waals surface area contributed by atoms with Gasteiger partial charge in [0.15, 0.2) is 6.10 Å². The zero-order valence-corrected chi connectivity index (χ0v) is 37.1. The number of ether oxygens (including phenoxy) is 2. The van der Waals surface area contributed by atoms with Crippen LogP contribution >= 0.6 is 7.82 Å². The van der Waals surface area contributed by atoms with Crippen molar-refractivity contribution in [1.82, 2.24) is 0 Å². The summed E-state index contributed by atoms with van der Waals surface area (Å²) < 4.78 is 34.3. The van der Waals surface area contributed by atoms with Crippen LogP contribution in [-0.4, -0.2) is 74.9 Å². The number of hydrogen-bond acceptors (Lipinski definition) is 7. The number of hydrogen-bond donors (Lipinski definition) is 1. The van der Waals surface area contributed by atoms with Crippen LogP contribution in [0.4, 0.5) is 0 Å². The van der Waals surface area contributed by atoms with E-state index < -0.39 is 26.5 Å². The fourth-order valence-electron chi connectivity index (χ4n) is 5.86. The molecule has 0 rings (SSSR count). The summed E-state index contributed by atoms with van der Waals surface area (Å²) in [5, 5.41) is 0. The smallest absolute Gasteiger partial charge is 0.462 e. The highest BCUT2D eigenvalue weighted by Gasteiger charge is 2.27. The zero-order valence-electron chi connectivity index (χ0n) is 36.2. The van der Waals surface area contributed by atoms with Gasteiger partial charge in [0.1, 0.15) is 19.8 Å². The fourth-order valence-corrected chi connectivity index (χ4v) is 6.60. The maximum atomic E-state index is 12.7. The van der Waals surface area contributed by atoms with Crippen molar-refractivity contribution in [2.45, 2.75) is 193 Å². The maximum Gasteiger partial charge on any atom is 0.472 e. The zero-order chi connectivity index (χ0) is 40.7. The van der Waals surface area contributed by atoms with Gasteiger partial charge in [0.25, 0.3) is 0 Å². The van der Waals surface area contributed by atoms with Crippen molar-refractivity contribution in [3.05, 3.63) is 36.5 Å². The van der Waals surface area contributed by atoms with E-state index in [0.717, 1.165) is 70.6 Å². The highest BCUT2D eigenvalue weighted by Crippen LogP contribution is 2.43. The van der Waals surface area contributed by atoms with Crippen LogP contribution in [0.1, 0.15) is 187 Å². The molecule has 0 saturated carbocycles. The Morgan fingerprint density at radius 2 is 0.982 bits per heavy atom. The second-order valence-corrected chi connectivity index (χ2v) is 17.5. The van der Waals surface area contributed by atoms with Gasteiger partial charge in [0.05, 0.1) is 27.7 Å². The van der Waals surface area contributed by atoms with E-state index in [1.54, 1.807) is 0 Å². The van der Waals surface area contributed by atoms with E-state index in [1.807, 2.05) is 21.1 Å². The summed E-state index contributed by atoms with van der Waals surface area (Å²) in [5.41, 5.74) is 0. The van der Waals surface area contributed by atoms with Gasteiger partial charge in [-0.05, 0) is 70.6 Å². The minimum absolute atomic E-state index is 0.0285. The number of allylic oxidation sites excluding steroid dienone is 6. The van der Waals surface area contributed by atoms with Gasteiger partial charge in [-0.2, -0.15) is 0 Å². The molecule has 0 fully saturated rings. The summed E-state index contributed by atoms with van der Waals surface area (Å²) in [6, 6.07) is 0. The standard InChI is InChI=1S/C45H84NO8P/c1-6-8-10-12-14-16-18-20-21-22-23-24-26-28-30-32-34-36-38-45(48)54-43(42-53-55(49,50)52-40-39-46(3,4)5)41-51-44(47)37-35-33-31-29-27-25-19-17-15-13-11-9-7-2/h16-19,21-22,43H,6-15,20,23-42H2,1-5H3/p+1/b18-16-,19-17-,22-21-. The van der Waals surface area contributed by atoms with Gasteiger partial charge in [-0.15, -0.1) is 0 Å². The van der Waals surface area contributed by atoms with Crippen molar-refractivity contribution in [3.63, 3.8) is 0 Å². The molecular weight excluding hydrogens is 713 g/mol. The lowest BCUT2D eigenvalue weighted by Crippen LogP contribution is -2.37. The summed E-state index contributed by atoms with van der Waals surface area (Å²) in [6.07, 6.45) is 41.8. The average molecular weight is 799 g/mol. The first-order valence-electron chi connectivity index (χ1n) is 22.2. The van der Waals surface area contributed by atoms with Gasteiger partial charge in [0.2, 0.25) is 0 Å². The average Bonchev–Trinajstić information content (AvgIpc) is 3.13. The number of esters is 2. The van der Waals surface area contributed by atoms with Gasteiger partial charge in [-0.25, -0.2) is 4.57 Å². The second kappa shape index (κ2) is 37.8. The highest BCUT2D eigenvalue weighted by atomic mass is 31.2. The van der Waals surface area contributed by atoms with Crippen molar-refractivity contribution >= 4 is 19.8 Å². The van der Waals surface area contributed by atoms with E-state index >= 15 is 0 Å². The SMILES string of the molecule is CCCCCC/C=C\C/C=C\CCCCCCCCCC(=O)OC(COC(=O)CCCCCCC/C=C\CCCCCC)COP(=O)(O)OCC[N+](C)(C)C. The van der Waals surface area contributed by atoms with E-state index in [0.29, 0.717) is 17.4 Å². The Kier molecular flexibility index (Phi) is 36.6. The molecule has 55 heavy (non-hydrogen) atoms. The lowest BCUT2D eigenvalue weighted by Gasteiger charge is -2.24. The fraction of sp³-hybridized carbons (Fsp3) is 0.822. The third-order valence-electron chi connectivity index (χ3n) is 9.39. The molecule has 9 nitrogen and oxygen atoms in total. The Bertz CT molecular complexity index is 1040. The van der Waals surface area contributed by atoms with Crippen molar-refractivity contribution in [1.29, 1.82) is 0 Å². The van der Waals surface area contributed by atoms with Crippen LogP contribution in [0, 0.1) is 0 Å². The number of nitrogens with zero attached hydrogens (tertiary/aromatic N) is 1. The molecule has 0 aliphatic carbocycles. The molecule has 0 bridgehead atoms. The summed E-state index contributed by atoms with van der Waals surface area (Å²) in [6.45, 7) is 4.37. The molecule has 1 N–H and O–H groups in total. The summed E-state index contributed by atoms with van der Waals surface area (Å²) in [5.74, 6) is -0.817. The first-order valence-corrected chi connectivity index (χ1v) is 23.7. The van der Waals surface area contributed by atoms with Crippen molar-refractivity contribution in [2.75, 3.05) is 47.5 Å². The van der Waals surface area contributed by atoms with E-state index in [9.17, 15) is 19.0 Å². The third kappa shape index (κ3) is 41.7. The summed E-state index contributed by atoms with van der Waals surface area (Å²) in [4.78, 5) is 35.3. The molecule has 0 spiro atoms. The lowest BCUT2D eigenvalue weighted by atomic mass is 10.1. The Morgan fingerprint density at radius 1 is 0.564 bits per heavy atom. The number of carbonyl (C=O) groups excluding carboxylic acids is 2. The van der Waals surface area contributed by atoms with Crippen LogP contribution < -0.4 is 0 Å². The number of likely N-dealkylation sites (N-methyl/N-ethyl adjacent to an activating group) is 1. The van der Waals surface area contributed by atoms with Crippen molar-refractivity contribution in [3.8, 4) is 0 Å². The minimum atomic E-state index is -4.38. The lowest BCUT2D eigenvalue weighted by molar-refractivity contribution is -0.870. The molecule has 0 aromatic carbocycles. The molecule has 0 aliphatic rings. The summed E-state index contributed by atoms with van der Waals surface area (Å²) in [7, 11) is 1.46. The Labute approximate surface area is 338 Å². The molecule has 0 amide bonds. The van der Waals surface area contributed by atoms with Gasteiger partial charge in [0, 0.05) is 12.8 Å². The van der Waals surface area contributed by atoms with E-state index in [4.69, 9.17) is 18.5 Å². The maximum absolute atomic E-state index is 12.7. The topological polar surface area (TPSA) is 108 Å². The Hall–Kier alpha value is -1.77. The molecule has 0 saturated heterocycles. The van der Waals surface area contributed by atoms with E-state index in [1.165, 1.54) is 83.5 Å². The highest BCUT2D eigenvalue weighted by molar-refractivity contribution is 7.47. The monoisotopic (exact) mass is 799 g/mol. The van der Waals surface area contributed by atoms with Crippen LogP contribution in [-0.2, 0) is 32.7 Å². The number of unbranched alkanes of at least 4 members (excludes halogenated alkanes) is 20. The number of quaternary nitrogens is 1. The van der Waals surface area contributed by atoms with E-state index in [2.05, 4.69) is 50.3 Å². The quantitative estimate of drug-likeness (QED) is 0.0215. The van der Waals surface area contributed by atoms with Crippen LogP contribution in [0.25, 0.3) is 0 Å². The van der Waals surface area contributed by atoms with Crippen LogP contribution in [0.3, 0.4) is 0 Å². The van der Waals surface area contributed by atoms with Crippen molar-refractivity contribution < 1.29 is 42.1 Å². The third-order valence-corrected chi connectivity index (χ3v) is 10.4. The van der Waals surface area contributed by atoms with Gasteiger partial charge < -0.3 is 18.9 Å². The molecule has 2 atom stereocenters. The molecule has 0 heterocycles. The van der Waals surface area contributed by atoms with Gasteiger partial charge in [-0.1, -0.05) is 140 Å². The molecular formula is C45H85NO8P+. The van der Waals surface area contributed by atoms with Crippen LogP contribution in [0.15, 0.2) is 36.5 Å². The predicted octanol–water partition coefficient (Wildman–Crippen LogP) is 12.5. The predicted molar refractivity (Wildman–Crippen MR) is 229 cm³/mol. The minimum Gasteiger partial charge on any atom is -0.462 e. The molecule has 322 valence electrons. The normalized spacial score (nSPS) is 13.9. The van der Waals surface area contributed by atoms with Crippen LogP contribution in [0.2, 0.25) is 0 Å². The first-order chi connectivity index (χ1) is 26.5. The number of rotatable bonds is 40. The molecule has 0 aromatic heterocycles. The molecule has 2 unspecified atom stereocenters. The van der Waals surface area contributed by atoms with E-state index in [-0.39, 0.29) is 32.0 Å². The molecule has 10 heteroatoms. The first kappa shape index (κ1) is 53.2. The summed E-state index contributed by atoms with van der Waals surface area (Å²) >= 11 is 0. The number of phosphoric acid groups is 1. The van der Waals surface area contributed by atoms with Gasteiger partial charge >= 0.3 is 19.8 Å². The number of phosphoric ester groups is 1. The van der Waals surface area contributed by atoms with Gasteiger partial charge in [-0.3, -0.25) is 18.6 Å².